The summed E-state index contributed by atoms with van der Waals surface area (Å²) in [6.07, 6.45) is 1.38. The Balaban J connectivity index is 1.91. The van der Waals surface area contributed by atoms with Crippen LogP contribution in [-0.2, 0) is 17.9 Å². The fourth-order valence-corrected chi connectivity index (χ4v) is 2.53. The van der Waals surface area contributed by atoms with Crippen molar-refractivity contribution < 1.29 is 18.7 Å². The van der Waals surface area contributed by atoms with Crippen molar-refractivity contribution in [1.82, 2.24) is 19.9 Å². The minimum Gasteiger partial charge on any atom is -0.378 e. The van der Waals surface area contributed by atoms with E-state index in [-0.39, 0.29) is 35.9 Å². The van der Waals surface area contributed by atoms with E-state index in [1.807, 2.05) is 0 Å². The Morgan fingerprint density at radius 1 is 1.27 bits per heavy atom. The van der Waals surface area contributed by atoms with Gasteiger partial charge in [0.15, 0.2) is 11.3 Å². The van der Waals surface area contributed by atoms with Crippen LogP contribution in [0.2, 0.25) is 0 Å². The molecule has 0 bridgehead atoms. The van der Waals surface area contributed by atoms with Crippen LogP contribution in [-0.4, -0.2) is 33.5 Å². The van der Waals surface area contributed by atoms with Crippen molar-refractivity contribution in [2.45, 2.75) is 13.2 Å². The molecule has 26 heavy (non-hydrogen) atoms. The number of benzene rings is 1. The maximum absolute atomic E-state index is 12.9. The van der Waals surface area contributed by atoms with Crippen LogP contribution < -0.4 is 11.1 Å². The van der Waals surface area contributed by atoms with E-state index in [0.29, 0.717) is 5.69 Å². The molecule has 0 atom stereocenters. The van der Waals surface area contributed by atoms with E-state index in [4.69, 9.17) is 10.5 Å². The molecule has 0 saturated carbocycles. The number of rotatable bonds is 6. The van der Waals surface area contributed by atoms with Gasteiger partial charge in [0, 0.05) is 19.9 Å². The van der Waals surface area contributed by atoms with Gasteiger partial charge in [-0.15, -0.1) is 0 Å². The molecular formula is C17H16FN5O3. The number of primary amides is 1. The van der Waals surface area contributed by atoms with E-state index in [9.17, 15) is 14.0 Å². The predicted octanol–water partition coefficient (Wildman–Crippen LogP) is 1.04. The smallest absolute Gasteiger partial charge is 0.269 e. The monoisotopic (exact) mass is 357 g/mol. The number of imidazole rings is 1. The lowest BCUT2D eigenvalue weighted by atomic mass is 10.2. The number of nitrogens with two attached hydrogens (primary N) is 1. The molecule has 2 amide bonds. The van der Waals surface area contributed by atoms with Crippen LogP contribution in [0.5, 0.6) is 0 Å². The van der Waals surface area contributed by atoms with E-state index in [0.717, 1.165) is 5.56 Å². The van der Waals surface area contributed by atoms with E-state index in [2.05, 4.69) is 15.4 Å². The summed E-state index contributed by atoms with van der Waals surface area (Å²) in [5, 5.41) is 6.78. The normalized spacial score (nSPS) is 10.8. The summed E-state index contributed by atoms with van der Waals surface area (Å²) in [5.41, 5.74) is 6.93. The maximum Gasteiger partial charge on any atom is 0.269 e. The molecule has 0 saturated heterocycles. The number of carbonyl (C=O) groups excluding carboxylic acids is 2. The lowest BCUT2D eigenvalue weighted by Crippen LogP contribution is -2.24. The Morgan fingerprint density at radius 3 is 2.65 bits per heavy atom. The summed E-state index contributed by atoms with van der Waals surface area (Å²) in [6.45, 7) is 0.264. The highest BCUT2D eigenvalue weighted by atomic mass is 19.1. The fourth-order valence-electron chi connectivity index (χ4n) is 2.53. The second kappa shape index (κ2) is 7.28. The first kappa shape index (κ1) is 17.5. The van der Waals surface area contributed by atoms with Crippen LogP contribution in [0.4, 0.5) is 4.39 Å². The zero-order valence-corrected chi connectivity index (χ0v) is 13.9. The molecule has 134 valence electrons. The van der Waals surface area contributed by atoms with Gasteiger partial charge >= 0.3 is 0 Å². The van der Waals surface area contributed by atoms with Gasteiger partial charge < -0.3 is 15.8 Å². The summed E-state index contributed by atoms with van der Waals surface area (Å²) < 4.78 is 19.2. The van der Waals surface area contributed by atoms with Crippen LogP contribution in [0.1, 0.15) is 32.1 Å². The summed E-state index contributed by atoms with van der Waals surface area (Å²) >= 11 is 0. The fraction of sp³-hybridized carbons (Fsp3) is 0.176. The summed E-state index contributed by atoms with van der Waals surface area (Å²) in [7, 11) is 1.46. The van der Waals surface area contributed by atoms with Gasteiger partial charge in [0.25, 0.3) is 11.8 Å². The van der Waals surface area contributed by atoms with Gasteiger partial charge in [0.2, 0.25) is 0 Å². The maximum atomic E-state index is 12.9. The van der Waals surface area contributed by atoms with Gasteiger partial charge in [-0.3, -0.25) is 9.59 Å². The molecule has 3 N–H and O–H groups in total. The second-order valence-corrected chi connectivity index (χ2v) is 5.49. The van der Waals surface area contributed by atoms with Crippen molar-refractivity contribution in [2.24, 2.45) is 5.73 Å². The number of nitrogens with one attached hydrogen (secondary N) is 1. The lowest BCUT2D eigenvalue weighted by Gasteiger charge is -2.06. The summed E-state index contributed by atoms with van der Waals surface area (Å²) in [6, 6.07) is 7.28. The third-order valence-electron chi connectivity index (χ3n) is 3.72. The molecule has 0 aliphatic rings. The largest absolute Gasteiger partial charge is 0.378 e. The molecule has 2 heterocycles. The second-order valence-electron chi connectivity index (χ2n) is 5.49. The van der Waals surface area contributed by atoms with E-state index >= 15 is 0 Å². The Bertz CT molecular complexity index is 968. The highest BCUT2D eigenvalue weighted by Crippen LogP contribution is 2.16. The van der Waals surface area contributed by atoms with E-state index in [1.54, 1.807) is 12.1 Å². The first-order valence-electron chi connectivity index (χ1n) is 7.69. The number of hydrogen-bond acceptors (Lipinski definition) is 5. The van der Waals surface area contributed by atoms with Crippen LogP contribution in [0.15, 0.2) is 36.5 Å². The average Bonchev–Trinajstić information content (AvgIpc) is 2.99. The van der Waals surface area contributed by atoms with Gasteiger partial charge in [0.1, 0.15) is 11.5 Å². The third kappa shape index (κ3) is 3.38. The van der Waals surface area contributed by atoms with Crippen LogP contribution in [0, 0.1) is 5.82 Å². The van der Waals surface area contributed by atoms with Crippen molar-refractivity contribution in [3.05, 3.63) is 64.9 Å². The molecule has 0 fully saturated rings. The number of ether oxygens (including phenoxy) is 1. The SMILES string of the molecule is COCc1nc2c(C(=O)NCc3ccc(F)cc3)ccnn2c1C(N)=O. The summed E-state index contributed by atoms with van der Waals surface area (Å²) in [5.74, 6) is -1.48. The molecular weight excluding hydrogens is 341 g/mol. The number of halogens is 1. The molecule has 0 unspecified atom stereocenters. The van der Waals surface area contributed by atoms with Gasteiger partial charge in [-0.25, -0.2) is 13.9 Å². The first-order valence-corrected chi connectivity index (χ1v) is 7.69. The number of aromatic nitrogens is 3. The molecule has 0 spiro atoms. The lowest BCUT2D eigenvalue weighted by molar-refractivity contribution is 0.0949. The Labute approximate surface area is 147 Å². The molecule has 1 aromatic carbocycles. The Morgan fingerprint density at radius 2 is 2.00 bits per heavy atom. The molecule has 0 aliphatic carbocycles. The Kier molecular flexibility index (Phi) is 4.90. The number of methoxy groups -OCH3 is 1. The van der Waals surface area contributed by atoms with Gasteiger partial charge in [-0.05, 0) is 23.8 Å². The third-order valence-corrected chi connectivity index (χ3v) is 3.72. The molecule has 3 rings (SSSR count). The zero-order chi connectivity index (χ0) is 18.7. The minimum absolute atomic E-state index is 0.0538. The van der Waals surface area contributed by atoms with Gasteiger partial charge in [-0.1, -0.05) is 12.1 Å². The van der Waals surface area contributed by atoms with Gasteiger partial charge in [-0.2, -0.15) is 5.10 Å². The topological polar surface area (TPSA) is 112 Å². The standard InChI is InChI=1S/C17H16FN5O3/c1-26-9-13-14(15(19)24)23-16(22-13)12(6-7-21-23)17(25)20-8-10-2-4-11(18)5-3-10/h2-7H,8-9H2,1H3,(H2,19,24)(H,20,25). The molecule has 2 aromatic heterocycles. The number of carbonyl (C=O) groups is 2. The molecule has 3 aromatic rings. The average molecular weight is 357 g/mol. The predicted molar refractivity (Wildman–Crippen MR) is 89.8 cm³/mol. The van der Waals surface area contributed by atoms with Crippen LogP contribution >= 0.6 is 0 Å². The summed E-state index contributed by atoms with van der Waals surface area (Å²) in [4.78, 5) is 28.5. The minimum atomic E-state index is -0.721. The Hall–Kier alpha value is -3.33. The van der Waals surface area contributed by atoms with Crippen molar-refractivity contribution in [3.63, 3.8) is 0 Å². The van der Waals surface area contributed by atoms with Crippen molar-refractivity contribution in [3.8, 4) is 0 Å². The van der Waals surface area contributed by atoms with Crippen molar-refractivity contribution in [2.75, 3.05) is 7.11 Å². The quantitative estimate of drug-likeness (QED) is 0.685. The van der Waals surface area contributed by atoms with Crippen molar-refractivity contribution in [1.29, 1.82) is 0 Å². The molecule has 0 radical (unpaired) electrons. The number of nitrogens with zero attached hydrogens (tertiary/aromatic N) is 3. The van der Waals surface area contributed by atoms with Gasteiger partial charge in [0.05, 0.1) is 12.2 Å². The van der Waals surface area contributed by atoms with Crippen LogP contribution in [0.3, 0.4) is 0 Å². The van der Waals surface area contributed by atoms with E-state index in [1.165, 1.54) is 36.0 Å². The number of amides is 2. The first-order chi connectivity index (χ1) is 12.5. The zero-order valence-electron chi connectivity index (χ0n) is 13.9. The number of fused-ring (bicyclic) bond motifs is 1. The molecule has 8 nitrogen and oxygen atoms in total. The molecule has 0 aliphatic heterocycles. The number of hydrogen-bond donors (Lipinski definition) is 2. The molecule has 9 heteroatoms. The van der Waals surface area contributed by atoms with Crippen LogP contribution in [0.25, 0.3) is 5.65 Å². The highest BCUT2D eigenvalue weighted by Gasteiger charge is 2.22. The van der Waals surface area contributed by atoms with Crippen molar-refractivity contribution >= 4 is 17.5 Å². The van der Waals surface area contributed by atoms with E-state index < -0.39 is 11.8 Å². The highest BCUT2D eigenvalue weighted by molar-refractivity contribution is 6.01.